The molecule has 0 fully saturated rings. The Morgan fingerprint density at radius 1 is 1.30 bits per heavy atom. The van der Waals surface area contributed by atoms with Gasteiger partial charge in [0.25, 0.3) is 0 Å². The van der Waals surface area contributed by atoms with Crippen LogP contribution in [-0.4, -0.2) is 52.8 Å². The smallest absolute Gasteiger partial charge is 0.328 e. The zero-order valence-corrected chi connectivity index (χ0v) is 17.4. The molecule has 2 aromatic rings. The second kappa shape index (κ2) is 11.0. The number of H-pyrrole nitrogens is 1. The number of aryl methyl sites for hydroxylation is 2. The van der Waals surface area contributed by atoms with Crippen LogP contribution in [0.2, 0.25) is 0 Å². The normalized spacial score (nSPS) is 11.8. The van der Waals surface area contributed by atoms with Crippen LogP contribution in [0.1, 0.15) is 17.0 Å². The minimum absolute atomic E-state index is 0.178. The van der Waals surface area contributed by atoms with Crippen molar-refractivity contribution in [1.82, 2.24) is 15.3 Å². The molecule has 8 heteroatoms. The predicted octanol–water partition coefficient (Wildman–Crippen LogP) is 2.62. The van der Waals surface area contributed by atoms with Crippen LogP contribution in [0, 0.1) is 6.92 Å². The lowest BCUT2D eigenvalue weighted by Gasteiger charge is -2.16. The zero-order chi connectivity index (χ0) is 19.6. The number of rotatable bonds is 10. The van der Waals surface area contributed by atoms with Crippen molar-refractivity contribution in [2.45, 2.75) is 31.0 Å². The van der Waals surface area contributed by atoms with Crippen molar-refractivity contribution in [3.05, 3.63) is 47.3 Å². The summed E-state index contributed by atoms with van der Waals surface area (Å²) in [6.07, 6.45) is 3.36. The number of benzene rings is 1. The van der Waals surface area contributed by atoms with E-state index < -0.39 is 12.0 Å². The molecule has 0 aliphatic carbocycles. The van der Waals surface area contributed by atoms with Gasteiger partial charge in [0.05, 0.1) is 18.6 Å². The molecule has 1 aromatic carbocycles. The number of hydrogen-bond acceptors (Lipinski definition) is 6. The van der Waals surface area contributed by atoms with Gasteiger partial charge in [0.15, 0.2) is 5.16 Å². The number of nitrogens with zero attached hydrogens (tertiary/aromatic N) is 1. The molecule has 0 aliphatic rings. The number of imidazole rings is 1. The molecule has 0 saturated heterocycles. The standard InChI is InChI=1S/C19H25N3O3S2/c1-13-15(9-10-26-3)22-19(20-13)27-12-17(23)21-16(18(24)25-2)11-14-7-5-4-6-8-14/h4-8,16H,9-12H2,1-3H3,(H,20,22)(H,21,23)/t16-/m0/s1. The number of carbonyl (C=O) groups excluding carboxylic acids is 2. The highest BCUT2D eigenvalue weighted by molar-refractivity contribution is 7.99. The highest BCUT2D eigenvalue weighted by Crippen LogP contribution is 2.17. The Bertz CT molecular complexity index is 750. The van der Waals surface area contributed by atoms with E-state index in [9.17, 15) is 9.59 Å². The van der Waals surface area contributed by atoms with Crippen LogP contribution in [0.25, 0.3) is 0 Å². The van der Waals surface area contributed by atoms with Crippen molar-refractivity contribution in [2.75, 3.05) is 24.9 Å². The van der Waals surface area contributed by atoms with Crippen molar-refractivity contribution in [3.63, 3.8) is 0 Å². The second-order valence-corrected chi connectivity index (χ2v) is 7.93. The average Bonchev–Trinajstić information content (AvgIpc) is 3.04. The summed E-state index contributed by atoms with van der Waals surface area (Å²) in [6.45, 7) is 1.99. The second-order valence-electron chi connectivity index (χ2n) is 5.98. The number of aromatic amines is 1. The van der Waals surface area contributed by atoms with E-state index in [1.165, 1.54) is 18.9 Å². The van der Waals surface area contributed by atoms with Crippen LogP contribution in [0.15, 0.2) is 35.5 Å². The molecule has 6 nitrogen and oxygen atoms in total. The van der Waals surface area contributed by atoms with Gasteiger partial charge in [-0.15, -0.1) is 0 Å². The van der Waals surface area contributed by atoms with Crippen molar-refractivity contribution >= 4 is 35.4 Å². The van der Waals surface area contributed by atoms with E-state index in [4.69, 9.17) is 4.74 Å². The minimum Gasteiger partial charge on any atom is -0.467 e. The maximum absolute atomic E-state index is 12.3. The Hall–Kier alpha value is -1.93. The molecule has 0 saturated carbocycles. The van der Waals surface area contributed by atoms with E-state index in [-0.39, 0.29) is 11.7 Å². The maximum atomic E-state index is 12.3. The van der Waals surface area contributed by atoms with Gasteiger partial charge in [0, 0.05) is 18.5 Å². The third kappa shape index (κ3) is 6.95. The van der Waals surface area contributed by atoms with Crippen LogP contribution in [0.5, 0.6) is 0 Å². The summed E-state index contributed by atoms with van der Waals surface area (Å²) in [5.41, 5.74) is 3.02. The molecule has 0 unspecified atom stereocenters. The third-order valence-electron chi connectivity index (χ3n) is 3.95. The van der Waals surface area contributed by atoms with Gasteiger partial charge < -0.3 is 15.0 Å². The van der Waals surface area contributed by atoms with E-state index in [1.54, 1.807) is 11.8 Å². The maximum Gasteiger partial charge on any atom is 0.328 e. The molecule has 0 bridgehead atoms. The van der Waals surface area contributed by atoms with Gasteiger partial charge in [-0.2, -0.15) is 11.8 Å². The number of nitrogens with one attached hydrogen (secondary N) is 2. The van der Waals surface area contributed by atoms with Crippen LogP contribution in [-0.2, 0) is 27.2 Å². The van der Waals surface area contributed by atoms with E-state index >= 15 is 0 Å². The first kappa shape index (κ1) is 21.4. The molecule has 2 N–H and O–H groups in total. The summed E-state index contributed by atoms with van der Waals surface area (Å²) in [5, 5.41) is 3.48. The fraction of sp³-hybridized carbons (Fsp3) is 0.421. The van der Waals surface area contributed by atoms with Crippen molar-refractivity contribution in [3.8, 4) is 0 Å². The Balaban J connectivity index is 1.90. The van der Waals surface area contributed by atoms with Gasteiger partial charge in [0.2, 0.25) is 5.91 Å². The summed E-state index contributed by atoms with van der Waals surface area (Å²) < 4.78 is 4.82. The highest BCUT2D eigenvalue weighted by Gasteiger charge is 2.22. The van der Waals surface area contributed by atoms with Crippen molar-refractivity contribution < 1.29 is 14.3 Å². The molecule has 146 valence electrons. The number of aromatic nitrogens is 2. The minimum atomic E-state index is -0.707. The average molecular weight is 408 g/mol. The zero-order valence-electron chi connectivity index (χ0n) is 15.8. The molecule has 1 aromatic heterocycles. The lowest BCUT2D eigenvalue weighted by atomic mass is 10.1. The number of ether oxygens (including phenoxy) is 1. The molecule has 0 spiro atoms. The monoisotopic (exact) mass is 407 g/mol. The van der Waals surface area contributed by atoms with E-state index in [2.05, 4.69) is 21.5 Å². The fourth-order valence-electron chi connectivity index (χ4n) is 2.53. The number of hydrogen-bond donors (Lipinski definition) is 2. The first-order valence-electron chi connectivity index (χ1n) is 8.61. The number of amides is 1. The lowest BCUT2D eigenvalue weighted by Crippen LogP contribution is -2.43. The number of carbonyl (C=O) groups is 2. The molecule has 1 atom stereocenters. The van der Waals surface area contributed by atoms with Gasteiger partial charge in [0.1, 0.15) is 6.04 Å². The van der Waals surface area contributed by atoms with Gasteiger partial charge in [-0.3, -0.25) is 4.79 Å². The van der Waals surface area contributed by atoms with E-state index in [1.807, 2.05) is 37.3 Å². The van der Waals surface area contributed by atoms with Gasteiger partial charge in [-0.25, -0.2) is 9.78 Å². The summed E-state index contributed by atoms with van der Waals surface area (Å²) in [6, 6.07) is 8.83. The van der Waals surface area contributed by atoms with Crippen molar-refractivity contribution in [2.24, 2.45) is 0 Å². The van der Waals surface area contributed by atoms with Gasteiger partial charge in [-0.1, -0.05) is 42.1 Å². The third-order valence-corrected chi connectivity index (χ3v) is 5.44. The van der Waals surface area contributed by atoms with Crippen molar-refractivity contribution in [1.29, 1.82) is 0 Å². The van der Waals surface area contributed by atoms with Crippen LogP contribution < -0.4 is 5.32 Å². The summed E-state index contributed by atoms with van der Waals surface area (Å²) in [7, 11) is 1.32. The number of esters is 1. The number of methoxy groups -OCH3 is 1. The van der Waals surface area contributed by atoms with Crippen LogP contribution in [0.4, 0.5) is 0 Å². The largest absolute Gasteiger partial charge is 0.467 e. The molecule has 27 heavy (non-hydrogen) atoms. The topological polar surface area (TPSA) is 84.1 Å². The SMILES string of the molecule is COC(=O)[C@H](Cc1ccccc1)NC(=O)CSc1nc(CCSC)c(C)[nH]1. The first-order valence-corrected chi connectivity index (χ1v) is 11.0. The summed E-state index contributed by atoms with van der Waals surface area (Å²) in [5.74, 6) is 0.504. The highest BCUT2D eigenvalue weighted by atomic mass is 32.2. The summed E-state index contributed by atoms with van der Waals surface area (Å²) >= 11 is 3.10. The molecule has 2 rings (SSSR count). The molecular weight excluding hydrogens is 382 g/mol. The number of thioether (sulfide) groups is 2. The fourth-order valence-corrected chi connectivity index (χ4v) is 3.68. The lowest BCUT2D eigenvalue weighted by molar-refractivity contribution is -0.144. The Kier molecular flexibility index (Phi) is 8.74. The molecule has 1 amide bonds. The van der Waals surface area contributed by atoms with E-state index in [0.717, 1.165) is 34.3 Å². The quantitative estimate of drug-likeness (QED) is 0.465. The Morgan fingerprint density at radius 2 is 2.04 bits per heavy atom. The Morgan fingerprint density at radius 3 is 2.70 bits per heavy atom. The van der Waals surface area contributed by atoms with Crippen LogP contribution in [0.3, 0.4) is 0 Å². The van der Waals surface area contributed by atoms with Gasteiger partial charge >= 0.3 is 5.97 Å². The predicted molar refractivity (Wildman–Crippen MR) is 110 cm³/mol. The first-order chi connectivity index (χ1) is 13.0. The van der Waals surface area contributed by atoms with Crippen LogP contribution >= 0.6 is 23.5 Å². The Labute approximate surface area is 168 Å². The molecule has 0 aliphatic heterocycles. The molecule has 0 radical (unpaired) electrons. The van der Waals surface area contributed by atoms with E-state index in [0.29, 0.717) is 6.42 Å². The summed E-state index contributed by atoms with van der Waals surface area (Å²) in [4.78, 5) is 32.1. The molecule has 1 heterocycles. The molecular formula is C19H25N3O3S2. The van der Waals surface area contributed by atoms with Gasteiger partial charge in [-0.05, 0) is 24.5 Å².